The molecule has 1 saturated carbocycles. The number of carboxylic acid groups (broad SMARTS) is 1. The fourth-order valence-electron chi connectivity index (χ4n) is 3.15. The highest BCUT2D eigenvalue weighted by atomic mass is 16.4. The zero-order chi connectivity index (χ0) is 20.1. The van der Waals surface area contributed by atoms with Crippen LogP contribution < -0.4 is 0 Å². The highest BCUT2D eigenvalue weighted by molar-refractivity contribution is 5.85. The molecule has 0 bridgehead atoms. The summed E-state index contributed by atoms with van der Waals surface area (Å²) in [5.74, 6) is -1.96. The molecule has 0 amide bonds. The summed E-state index contributed by atoms with van der Waals surface area (Å²) >= 11 is 0. The van der Waals surface area contributed by atoms with Crippen LogP contribution in [0.3, 0.4) is 0 Å². The first-order valence-electron chi connectivity index (χ1n) is 9.69. The molecule has 1 fully saturated rings. The maximum absolute atomic E-state index is 11.9. The summed E-state index contributed by atoms with van der Waals surface area (Å²) in [6.07, 6.45) is 17.5. The third-order valence-electron chi connectivity index (χ3n) is 4.62. The summed E-state index contributed by atoms with van der Waals surface area (Å²) in [6.45, 7) is 2.10. The van der Waals surface area contributed by atoms with Crippen molar-refractivity contribution in [1.29, 1.82) is 0 Å². The Morgan fingerprint density at radius 1 is 1.15 bits per heavy atom. The highest BCUT2D eigenvalue weighted by Gasteiger charge is 2.39. The fourth-order valence-corrected chi connectivity index (χ4v) is 3.15. The van der Waals surface area contributed by atoms with Crippen molar-refractivity contribution in [1.82, 2.24) is 0 Å². The zero-order valence-electron chi connectivity index (χ0n) is 16.0. The van der Waals surface area contributed by atoms with Crippen molar-refractivity contribution in [2.24, 2.45) is 11.8 Å². The number of hydrogen-bond donors (Lipinski definition) is 3. The third kappa shape index (κ3) is 9.50. The van der Waals surface area contributed by atoms with E-state index in [1.807, 2.05) is 12.2 Å². The number of aliphatic carboxylic acids is 1. The first-order chi connectivity index (χ1) is 13.0. The van der Waals surface area contributed by atoms with Gasteiger partial charge in [-0.3, -0.25) is 9.59 Å². The van der Waals surface area contributed by atoms with E-state index in [0.29, 0.717) is 6.42 Å². The second-order valence-corrected chi connectivity index (χ2v) is 6.84. The summed E-state index contributed by atoms with van der Waals surface area (Å²) in [6, 6.07) is 0. The van der Waals surface area contributed by atoms with Gasteiger partial charge in [-0.1, -0.05) is 55.5 Å². The van der Waals surface area contributed by atoms with E-state index in [-0.39, 0.29) is 25.0 Å². The number of rotatable bonds is 12. The van der Waals surface area contributed by atoms with Crippen molar-refractivity contribution < 1.29 is 24.9 Å². The molecular weight excluding hydrogens is 344 g/mol. The molecule has 4 atom stereocenters. The molecule has 1 rings (SSSR count). The van der Waals surface area contributed by atoms with Gasteiger partial charge in [-0.15, -0.1) is 0 Å². The molecule has 1 aliphatic carbocycles. The van der Waals surface area contributed by atoms with Gasteiger partial charge in [-0.2, -0.15) is 0 Å². The zero-order valence-corrected chi connectivity index (χ0v) is 16.0. The Balaban J connectivity index is 2.40. The van der Waals surface area contributed by atoms with Crippen LogP contribution in [-0.2, 0) is 9.59 Å². The van der Waals surface area contributed by atoms with Crippen molar-refractivity contribution in [3.8, 4) is 0 Å². The lowest BCUT2D eigenvalue weighted by molar-refractivity contribution is -0.137. The van der Waals surface area contributed by atoms with Crippen LogP contribution in [0.1, 0.15) is 51.9 Å². The number of Topliss-reactive ketones (excluding diaryl/α,β-unsaturated/α-hetero) is 1. The number of hydrogen-bond acceptors (Lipinski definition) is 4. The van der Waals surface area contributed by atoms with Gasteiger partial charge >= 0.3 is 5.97 Å². The lowest BCUT2D eigenvalue weighted by Crippen LogP contribution is -2.20. The normalized spacial score (nSPS) is 24.9. The minimum absolute atomic E-state index is 0.0507. The molecule has 1 aliphatic rings. The molecule has 0 aromatic carbocycles. The Bertz CT molecular complexity index is 573. The molecule has 0 unspecified atom stereocenters. The van der Waals surface area contributed by atoms with Crippen molar-refractivity contribution >= 4 is 11.8 Å². The lowest BCUT2D eigenvalue weighted by atomic mass is 9.89. The van der Waals surface area contributed by atoms with E-state index in [4.69, 9.17) is 5.11 Å². The molecule has 5 heteroatoms. The van der Waals surface area contributed by atoms with Gasteiger partial charge < -0.3 is 15.3 Å². The number of carbonyl (C=O) groups is 2. The predicted octanol–water partition coefficient (Wildman–Crippen LogP) is 3.58. The smallest absolute Gasteiger partial charge is 0.303 e. The van der Waals surface area contributed by atoms with Crippen LogP contribution >= 0.6 is 0 Å². The Labute approximate surface area is 161 Å². The van der Waals surface area contributed by atoms with Crippen LogP contribution in [0.5, 0.6) is 0 Å². The Morgan fingerprint density at radius 3 is 2.41 bits per heavy atom. The van der Waals surface area contributed by atoms with E-state index < -0.39 is 30.0 Å². The standard InChI is InChI=1S/C22H32O5/c1-2-3-4-5-6-7-8-9-10-11-17(23)12-13-18-19(14-15-22(26)27)21(25)16-20(18)24/h3-4,6-7,9-10,12-13,17-20,23-24H,2,5,8,11,14-16H2,1H3,(H,26,27)/b4-3-,7-6+,10-9-,13-12+/t17-,18-,19+,20-/m0/s1. The predicted molar refractivity (Wildman–Crippen MR) is 106 cm³/mol. The molecular formula is C22H32O5. The SMILES string of the molecule is CC/C=C\C/C=C/C/C=C\C[C@H](O)/C=C/[C@@H]1[C@@H](O)CC(=O)[C@@H]1CCC(=O)O. The molecule has 150 valence electrons. The average molecular weight is 376 g/mol. The largest absolute Gasteiger partial charge is 0.481 e. The summed E-state index contributed by atoms with van der Waals surface area (Å²) < 4.78 is 0. The number of allylic oxidation sites excluding steroid dienone is 5. The van der Waals surface area contributed by atoms with Crippen LogP contribution in [0, 0.1) is 11.8 Å². The van der Waals surface area contributed by atoms with Gasteiger partial charge in [0.2, 0.25) is 0 Å². The third-order valence-corrected chi connectivity index (χ3v) is 4.62. The first-order valence-corrected chi connectivity index (χ1v) is 9.69. The molecule has 5 nitrogen and oxygen atoms in total. The van der Waals surface area contributed by atoms with E-state index in [9.17, 15) is 19.8 Å². The monoisotopic (exact) mass is 376 g/mol. The average Bonchev–Trinajstić information content (AvgIpc) is 2.89. The van der Waals surface area contributed by atoms with Gasteiger partial charge in [0.1, 0.15) is 5.78 Å². The number of ketones is 1. The second kappa shape index (κ2) is 13.2. The Hall–Kier alpha value is -1.98. The molecule has 3 N–H and O–H groups in total. The molecule has 0 radical (unpaired) electrons. The van der Waals surface area contributed by atoms with Gasteiger partial charge in [0, 0.05) is 24.7 Å². The molecule has 27 heavy (non-hydrogen) atoms. The first kappa shape index (κ1) is 23.1. The topological polar surface area (TPSA) is 94.8 Å². The minimum atomic E-state index is -0.951. The molecule has 0 aromatic rings. The van der Waals surface area contributed by atoms with Gasteiger partial charge in [0.15, 0.2) is 0 Å². The van der Waals surface area contributed by atoms with Gasteiger partial charge in [0.25, 0.3) is 0 Å². The molecule has 0 aromatic heterocycles. The van der Waals surface area contributed by atoms with Crippen molar-refractivity contribution in [2.75, 3.05) is 0 Å². The van der Waals surface area contributed by atoms with E-state index in [0.717, 1.165) is 19.3 Å². The van der Waals surface area contributed by atoms with E-state index >= 15 is 0 Å². The van der Waals surface area contributed by atoms with Crippen LogP contribution in [0.15, 0.2) is 48.6 Å². The molecule has 0 saturated heterocycles. The molecule has 0 spiro atoms. The maximum Gasteiger partial charge on any atom is 0.303 e. The number of carbonyl (C=O) groups excluding carboxylic acids is 1. The van der Waals surface area contributed by atoms with Crippen LogP contribution in [0.25, 0.3) is 0 Å². The van der Waals surface area contributed by atoms with Crippen LogP contribution in [-0.4, -0.2) is 39.3 Å². The maximum atomic E-state index is 11.9. The Kier molecular flexibility index (Phi) is 11.3. The quantitative estimate of drug-likeness (QED) is 0.453. The van der Waals surface area contributed by atoms with Crippen molar-refractivity contribution in [2.45, 2.75) is 64.1 Å². The lowest BCUT2D eigenvalue weighted by Gasteiger charge is -2.17. The highest BCUT2D eigenvalue weighted by Crippen LogP contribution is 2.33. The Morgan fingerprint density at radius 2 is 1.78 bits per heavy atom. The van der Waals surface area contributed by atoms with Crippen molar-refractivity contribution in [3.63, 3.8) is 0 Å². The summed E-state index contributed by atoms with van der Waals surface area (Å²) in [7, 11) is 0. The number of carboxylic acids is 1. The summed E-state index contributed by atoms with van der Waals surface area (Å²) in [5, 5.41) is 28.9. The second-order valence-electron chi connectivity index (χ2n) is 6.84. The minimum Gasteiger partial charge on any atom is -0.481 e. The number of aliphatic hydroxyl groups is 2. The number of aliphatic hydroxyl groups excluding tert-OH is 2. The fraction of sp³-hybridized carbons (Fsp3) is 0.545. The van der Waals surface area contributed by atoms with Crippen LogP contribution in [0.2, 0.25) is 0 Å². The van der Waals surface area contributed by atoms with E-state index in [1.54, 1.807) is 12.2 Å². The molecule has 0 heterocycles. The molecule has 0 aliphatic heterocycles. The van der Waals surface area contributed by atoms with Gasteiger partial charge in [-0.25, -0.2) is 0 Å². The van der Waals surface area contributed by atoms with E-state index in [2.05, 4.69) is 31.2 Å². The van der Waals surface area contributed by atoms with Gasteiger partial charge in [-0.05, 0) is 32.1 Å². The van der Waals surface area contributed by atoms with Crippen LogP contribution in [0.4, 0.5) is 0 Å². The van der Waals surface area contributed by atoms with Crippen molar-refractivity contribution in [3.05, 3.63) is 48.6 Å². The van der Waals surface area contributed by atoms with Gasteiger partial charge in [0.05, 0.1) is 12.2 Å². The van der Waals surface area contributed by atoms with E-state index in [1.165, 1.54) is 0 Å². The summed E-state index contributed by atoms with van der Waals surface area (Å²) in [5.41, 5.74) is 0. The summed E-state index contributed by atoms with van der Waals surface area (Å²) in [4.78, 5) is 22.7.